The summed E-state index contributed by atoms with van der Waals surface area (Å²) in [5.41, 5.74) is 7.17. The monoisotopic (exact) mass is 774 g/mol. The van der Waals surface area contributed by atoms with Crippen LogP contribution in [-0.4, -0.2) is 102 Å². The van der Waals surface area contributed by atoms with E-state index >= 15 is 0 Å². The second-order valence-electron chi connectivity index (χ2n) is 14.7. The number of rotatable bonds is 22. The Labute approximate surface area is 315 Å². The number of primary amides is 1. The third-order valence-electron chi connectivity index (χ3n) is 9.82. The van der Waals surface area contributed by atoms with Crippen LogP contribution in [0.5, 0.6) is 0 Å². The molecule has 54 heavy (non-hydrogen) atoms. The summed E-state index contributed by atoms with van der Waals surface area (Å²) < 4.78 is 13.4. The van der Waals surface area contributed by atoms with Crippen molar-refractivity contribution in [1.29, 1.82) is 0 Å². The number of aryl methyl sites for hydroxylation is 2. The summed E-state index contributed by atoms with van der Waals surface area (Å²) in [5.74, 6) is -7.04. The minimum absolute atomic E-state index is 0.00498. The van der Waals surface area contributed by atoms with Crippen molar-refractivity contribution in [3.63, 3.8) is 0 Å². The van der Waals surface area contributed by atoms with Crippen molar-refractivity contribution >= 4 is 42.8 Å². The molecule has 4 amide bonds. The third kappa shape index (κ3) is 13.6. The van der Waals surface area contributed by atoms with Crippen LogP contribution in [0.15, 0.2) is 42.9 Å². The number of nitrogens with two attached hydrogens (primary N) is 1. The van der Waals surface area contributed by atoms with Gasteiger partial charge in [-0.1, -0.05) is 51.1 Å². The lowest BCUT2D eigenvalue weighted by Gasteiger charge is -2.27. The fourth-order valence-corrected chi connectivity index (χ4v) is 7.90. The number of hydrogen-bond donors (Lipinski definition) is 6. The number of aliphatic hydroxyl groups excluding tert-OH is 1. The van der Waals surface area contributed by atoms with E-state index in [0.29, 0.717) is 38.0 Å². The highest BCUT2D eigenvalue weighted by Crippen LogP contribution is 2.39. The molecule has 1 aromatic carbocycles. The van der Waals surface area contributed by atoms with Crippen molar-refractivity contribution < 1.29 is 48.2 Å². The van der Waals surface area contributed by atoms with Gasteiger partial charge in [-0.2, -0.15) is 0 Å². The minimum Gasteiger partial charge on any atom is -0.394 e. The molecule has 0 spiro atoms. The fourth-order valence-electron chi connectivity index (χ4n) is 6.90. The molecule has 6 atom stereocenters. The summed E-state index contributed by atoms with van der Waals surface area (Å²) >= 11 is 0. The molecule has 1 saturated heterocycles. The van der Waals surface area contributed by atoms with Crippen LogP contribution in [0.4, 0.5) is 0 Å². The summed E-state index contributed by atoms with van der Waals surface area (Å²) in [4.78, 5) is 104. The number of amides is 4. The molecule has 0 saturated carbocycles. The molecule has 1 aliphatic heterocycles. The average Bonchev–Trinajstić information content (AvgIpc) is 3.77. The van der Waals surface area contributed by atoms with Gasteiger partial charge in [0.15, 0.2) is 11.6 Å². The lowest BCUT2D eigenvalue weighted by Crippen LogP contribution is -2.52. The van der Waals surface area contributed by atoms with Crippen molar-refractivity contribution in [3.8, 4) is 0 Å². The van der Waals surface area contributed by atoms with Gasteiger partial charge >= 0.3 is 7.60 Å². The lowest BCUT2D eigenvalue weighted by atomic mass is 9.87. The SMILES string of the molecule is CC(=O)N1CCCC1C(=O)N[C@@H](CC(C)C)C(=O)C[C@@H](Cc1cncn1CCc1ccccc1)C(=O)N[C@@H](CO)C(=O)CC(C(N)=O)C(C)CP(=O)(O)O. The lowest BCUT2D eigenvalue weighted by molar-refractivity contribution is -0.138. The van der Waals surface area contributed by atoms with E-state index in [9.17, 15) is 48.2 Å². The third-order valence-corrected chi connectivity index (χ3v) is 10.9. The van der Waals surface area contributed by atoms with Crippen LogP contribution in [0.1, 0.15) is 71.1 Å². The van der Waals surface area contributed by atoms with Crippen LogP contribution in [0, 0.1) is 23.7 Å². The number of imidazole rings is 1. The summed E-state index contributed by atoms with van der Waals surface area (Å²) in [5, 5.41) is 15.5. The maximum absolute atomic E-state index is 14.1. The minimum atomic E-state index is -4.56. The van der Waals surface area contributed by atoms with E-state index in [0.717, 1.165) is 5.56 Å². The molecule has 17 heteroatoms. The zero-order valence-electron chi connectivity index (χ0n) is 31.4. The summed E-state index contributed by atoms with van der Waals surface area (Å²) in [6.07, 6.45) is 3.56. The van der Waals surface area contributed by atoms with Crippen molar-refractivity contribution in [2.45, 2.75) is 97.3 Å². The first-order chi connectivity index (χ1) is 25.4. The van der Waals surface area contributed by atoms with Crippen LogP contribution < -0.4 is 16.4 Å². The largest absolute Gasteiger partial charge is 0.394 e. The Morgan fingerprint density at radius 2 is 1.67 bits per heavy atom. The maximum Gasteiger partial charge on any atom is 0.325 e. The molecule has 1 fully saturated rings. The summed E-state index contributed by atoms with van der Waals surface area (Å²) in [6.45, 7) is 6.61. The number of nitrogens with zero attached hydrogens (tertiary/aromatic N) is 3. The van der Waals surface area contributed by atoms with Crippen LogP contribution in [0.3, 0.4) is 0 Å². The van der Waals surface area contributed by atoms with Crippen molar-refractivity contribution in [2.24, 2.45) is 29.4 Å². The molecule has 3 unspecified atom stereocenters. The number of benzene rings is 1. The number of carbonyl (C=O) groups is 6. The number of carbonyl (C=O) groups excluding carboxylic acids is 6. The summed E-state index contributed by atoms with van der Waals surface area (Å²) in [7, 11) is -4.56. The fraction of sp³-hybridized carbons (Fsp3) is 0.595. The predicted octanol–water partition coefficient (Wildman–Crippen LogP) is 1.14. The number of likely N-dealkylation sites (tertiary alicyclic amines) is 1. The molecular weight excluding hydrogens is 719 g/mol. The van der Waals surface area contributed by atoms with Gasteiger partial charge in [0, 0.05) is 57.1 Å². The van der Waals surface area contributed by atoms with Crippen molar-refractivity contribution in [3.05, 3.63) is 54.1 Å². The van der Waals surface area contributed by atoms with E-state index in [2.05, 4.69) is 15.6 Å². The Morgan fingerprint density at radius 1 is 1.00 bits per heavy atom. The predicted molar refractivity (Wildman–Crippen MR) is 198 cm³/mol. The number of aliphatic hydroxyl groups is 1. The van der Waals surface area contributed by atoms with E-state index < -0.39 is 92.0 Å². The highest BCUT2D eigenvalue weighted by molar-refractivity contribution is 7.51. The average molecular weight is 775 g/mol. The maximum atomic E-state index is 14.1. The standard InChI is InChI=1S/C37H55N6O10P/c1-23(2)15-30(40-37(50)32-11-8-13-43(32)25(4)45)33(46)17-27(16-28-19-39-22-42(28)14-12-26-9-6-5-7-10-26)36(49)41-31(20-44)34(47)18-29(35(38)48)24(3)21-54(51,52)53/h5-7,9-10,19,22-24,27,29-32,44H,8,11-18,20-21H2,1-4H3,(H2,38,48)(H,40,50)(H,41,49)(H2,51,52,53)/t24?,27-,29?,30+,31+,32?/m1/s1. The molecular formula is C37H55N6O10P. The van der Waals surface area contributed by atoms with Gasteiger partial charge in [0.1, 0.15) is 12.1 Å². The molecule has 298 valence electrons. The molecule has 0 aliphatic carbocycles. The molecule has 7 N–H and O–H groups in total. The Balaban J connectivity index is 1.87. The zero-order valence-corrected chi connectivity index (χ0v) is 32.3. The van der Waals surface area contributed by atoms with Gasteiger partial charge in [0.25, 0.3) is 0 Å². The molecule has 16 nitrogen and oxygen atoms in total. The smallest absolute Gasteiger partial charge is 0.325 e. The normalized spacial score (nSPS) is 17.3. The Kier molecular flexibility index (Phi) is 16.7. The van der Waals surface area contributed by atoms with Crippen molar-refractivity contribution in [2.75, 3.05) is 19.3 Å². The molecule has 2 aromatic rings. The number of ketones is 2. The topological polar surface area (TPSA) is 251 Å². The molecule has 2 heterocycles. The quantitative estimate of drug-likeness (QED) is 0.0926. The first-order valence-corrected chi connectivity index (χ1v) is 20.1. The molecule has 1 aliphatic rings. The van der Waals surface area contributed by atoms with Crippen molar-refractivity contribution in [1.82, 2.24) is 25.1 Å². The van der Waals surface area contributed by atoms with Gasteiger partial charge in [-0.25, -0.2) is 4.98 Å². The van der Waals surface area contributed by atoms with Gasteiger partial charge in [0.05, 0.1) is 31.1 Å². The highest BCUT2D eigenvalue weighted by Gasteiger charge is 2.37. The highest BCUT2D eigenvalue weighted by atomic mass is 31.2. The number of Topliss-reactive ketones (excluding diaryl/α,β-unsaturated/α-hetero) is 2. The molecule has 3 rings (SSSR count). The van der Waals surface area contributed by atoms with Gasteiger partial charge in [0.2, 0.25) is 23.6 Å². The number of nitrogens with one attached hydrogen (secondary N) is 2. The Morgan fingerprint density at radius 3 is 2.26 bits per heavy atom. The van der Waals surface area contributed by atoms with E-state index in [-0.39, 0.29) is 31.1 Å². The van der Waals surface area contributed by atoms with Gasteiger partial charge in [-0.15, -0.1) is 0 Å². The first kappa shape index (κ1) is 44.2. The number of aromatic nitrogens is 2. The van der Waals surface area contributed by atoms with Gasteiger partial charge in [-0.05, 0) is 43.1 Å². The van der Waals surface area contributed by atoms with E-state index in [4.69, 9.17) is 5.73 Å². The zero-order chi connectivity index (χ0) is 40.2. The molecule has 1 aromatic heterocycles. The first-order valence-electron chi connectivity index (χ1n) is 18.3. The Bertz CT molecular complexity index is 1660. The number of hydrogen-bond acceptors (Lipinski definition) is 9. The molecule has 0 bridgehead atoms. The van der Waals surface area contributed by atoms with Crippen LogP contribution in [0.2, 0.25) is 0 Å². The van der Waals surface area contributed by atoms with Crippen LogP contribution in [0.25, 0.3) is 0 Å². The van der Waals surface area contributed by atoms with E-state index in [1.54, 1.807) is 12.5 Å². The van der Waals surface area contributed by atoms with Crippen LogP contribution >= 0.6 is 7.60 Å². The van der Waals surface area contributed by atoms with Crippen LogP contribution in [-0.2, 0) is 52.7 Å². The molecule has 0 radical (unpaired) electrons. The Hall–Kier alpha value is -4.24. The van der Waals surface area contributed by atoms with E-state index in [1.165, 1.54) is 18.7 Å². The second kappa shape index (κ2) is 20.4. The van der Waals surface area contributed by atoms with E-state index in [1.807, 2.05) is 48.7 Å². The van der Waals surface area contributed by atoms with Gasteiger partial charge in [-0.3, -0.25) is 33.3 Å². The van der Waals surface area contributed by atoms with Gasteiger partial charge < -0.3 is 40.7 Å². The second-order valence-corrected chi connectivity index (χ2v) is 16.4. The summed E-state index contributed by atoms with van der Waals surface area (Å²) in [6, 6.07) is 6.52.